The van der Waals surface area contributed by atoms with Crippen LogP contribution in [0.5, 0.6) is 0 Å². The molecule has 1 aromatic carbocycles. The molecule has 5 nitrogen and oxygen atoms in total. The Balaban J connectivity index is 2.45. The van der Waals surface area contributed by atoms with Crippen LogP contribution in [0.3, 0.4) is 0 Å². The highest BCUT2D eigenvalue weighted by atomic mass is 32.2. The van der Waals surface area contributed by atoms with Crippen molar-refractivity contribution in [3.05, 3.63) is 53.9 Å². The Kier molecular flexibility index (Phi) is 3.96. The zero-order valence-corrected chi connectivity index (χ0v) is 11.0. The molecule has 8 heteroatoms. The minimum Gasteiger partial charge on any atom is -0.326 e. The lowest BCUT2D eigenvalue weighted by Crippen LogP contribution is -2.17. The molecule has 20 heavy (non-hydrogen) atoms. The summed E-state index contributed by atoms with van der Waals surface area (Å²) in [5.41, 5.74) is 4.91. The summed E-state index contributed by atoms with van der Waals surface area (Å²) in [6, 6.07) is 4.69. The van der Waals surface area contributed by atoms with Gasteiger partial charge in [-0.2, -0.15) is 0 Å². The summed E-state index contributed by atoms with van der Waals surface area (Å²) < 4.78 is 53.5. The molecule has 2 aromatic rings. The number of nitrogens with one attached hydrogen (secondary N) is 1. The number of hydrogen-bond acceptors (Lipinski definition) is 4. The first-order chi connectivity index (χ1) is 9.45. The van der Waals surface area contributed by atoms with Gasteiger partial charge in [0.05, 0.1) is 11.9 Å². The van der Waals surface area contributed by atoms with Crippen LogP contribution in [0, 0.1) is 11.6 Å². The fourth-order valence-electron chi connectivity index (χ4n) is 1.60. The first-order valence-electron chi connectivity index (χ1n) is 5.55. The standard InChI is InChI=1S/C12H11F2N3O2S/c13-10-3-4-11(12(14)9(10)6-15)20(18,19)17-8-2-1-5-16-7-8/h1-5,7,17H,6,15H2. The summed E-state index contributed by atoms with van der Waals surface area (Å²) in [4.78, 5) is 3.07. The van der Waals surface area contributed by atoms with Crippen LogP contribution in [0.2, 0.25) is 0 Å². The quantitative estimate of drug-likeness (QED) is 0.898. The number of benzene rings is 1. The van der Waals surface area contributed by atoms with E-state index in [0.29, 0.717) is 0 Å². The maximum absolute atomic E-state index is 14.0. The second-order valence-corrected chi connectivity index (χ2v) is 5.54. The van der Waals surface area contributed by atoms with Gasteiger partial charge in [-0.25, -0.2) is 17.2 Å². The summed E-state index contributed by atoms with van der Waals surface area (Å²) in [6.45, 7) is -0.437. The van der Waals surface area contributed by atoms with Crippen molar-refractivity contribution in [2.75, 3.05) is 4.72 Å². The summed E-state index contributed by atoms with van der Waals surface area (Å²) >= 11 is 0. The average molecular weight is 299 g/mol. The van der Waals surface area contributed by atoms with Gasteiger partial charge in [-0.15, -0.1) is 0 Å². The van der Waals surface area contributed by atoms with E-state index < -0.39 is 38.7 Å². The molecule has 0 saturated carbocycles. The highest BCUT2D eigenvalue weighted by Gasteiger charge is 2.23. The number of halogens is 2. The van der Waals surface area contributed by atoms with E-state index in [9.17, 15) is 17.2 Å². The van der Waals surface area contributed by atoms with Crippen LogP contribution in [-0.2, 0) is 16.6 Å². The zero-order valence-electron chi connectivity index (χ0n) is 10.2. The molecule has 3 N–H and O–H groups in total. The molecule has 0 atom stereocenters. The molecular weight excluding hydrogens is 288 g/mol. The molecule has 0 amide bonds. The van der Waals surface area contributed by atoms with E-state index in [1.54, 1.807) is 0 Å². The lowest BCUT2D eigenvalue weighted by Gasteiger charge is -2.10. The molecule has 0 aliphatic rings. The van der Waals surface area contributed by atoms with Crippen LogP contribution in [0.15, 0.2) is 41.6 Å². The lowest BCUT2D eigenvalue weighted by molar-refractivity contribution is 0.530. The van der Waals surface area contributed by atoms with E-state index in [1.165, 1.54) is 24.5 Å². The Labute approximate surface area is 114 Å². The van der Waals surface area contributed by atoms with Gasteiger partial charge >= 0.3 is 0 Å². The Morgan fingerprint density at radius 1 is 1.25 bits per heavy atom. The Morgan fingerprint density at radius 2 is 2.00 bits per heavy atom. The molecule has 0 saturated heterocycles. The van der Waals surface area contributed by atoms with Gasteiger partial charge in [-0.3, -0.25) is 9.71 Å². The normalized spacial score (nSPS) is 11.3. The highest BCUT2D eigenvalue weighted by Crippen LogP contribution is 2.22. The molecule has 0 aliphatic carbocycles. The van der Waals surface area contributed by atoms with Gasteiger partial charge in [0.1, 0.15) is 10.7 Å². The third kappa shape index (κ3) is 2.75. The van der Waals surface area contributed by atoms with Gasteiger partial charge in [0.2, 0.25) is 0 Å². The number of pyridine rings is 1. The molecule has 0 radical (unpaired) electrons. The van der Waals surface area contributed by atoms with Gasteiger partial charge in [0, 0.05) is 18.3 Å². The number of aromatic nitrogens is 1. The predicted molar refractivity (Wildman–Crippen MR) is 69.3 cm³/mol. The molecule has 1 aromatic heterocycles. The van der Waals surface area contributed by atoms with Crippen LogP contribution in [0.1, 0.15) is 5.56 Å². The fraction of sp³-hybridized carbons (Fsp3) is 0.0833. The molecule has 0 spiro atoms. The summed E-state index contributed by atoms with van der Waals surface area (Å²) in [6.07, 6.45) is 2.73. The first-order valence-corrected chi connectivity index (χ1v) is 7.04. The van der Waals surface area contributed by atoms with E-state index in [2.05, 4.69) is 9.71 Å². The number of sulfonamides is 1. The van der Waals surface area contributed by atoms with Crippen molar-refractivity contribution in [1.29, 1.82) is 0 Å². The van der Waals surface area contributed by atoms with E-state index in [-0.39, 0.29) is 5.69 Å². The minimum absolute atomic E-state index is 0.172. The molecule has 0 aliphatic heterocycles. The molecule has 106 valence electrons. The van der Waals surface area contributed by atoms with Crippen LogP contribution in [0.4, 0.5) is 14.5 Å². The molecule has 0 fully saturated rings. The van der Waals surface area contributed by atoms with Crippen molar-refractivity contribution in [1.82, 2.24) is 4.98 Å². The molecule has 1 heterocycles. The second kappa shape index (κ2) is 5.51. The van der Waals surface area contributed by atoms with Crippen molar-refractivity contribution in [2.45, 2.75) is 11.4 Å². The van der Waals surface area contributed by atoms with Crippen molar-refractivity contribution >= 4 is 15.7 Å². The molecule has 2 rings (SSSR count). The summed E-state index contributed by atoms with van der Waals surface area (Å²) in [5.74, 6) is -2.07. The third-order valence-electron chi connectivity index (χ3n) is 2.56. The van der Waals surface area contributed by atoms with Gasteiger partial charge in [0.25, 0.3) is 10.0 Å². The van der Waals surface area contributed by atoms with E-state index in [4.69, 9.17) is 5.73 Å². The SMILES string of the molecule is NCc1c(F)ccc(S(=O)(=O)Nc2cccnc2)c1F. The topological polar surface area (TPSA) is 85.1 Å². The fourth-order valence-corrected chi connectivity index (χ4v) is 2.75. The molecular formula is C12H11F2N3O2S. The van der Waals surface area contributed by atoms with Crippen LogP contribution < -0.4 is 10.5 Å². The van der Waals surface area contributed by atoms with Crippen LogP contribution >= 0.6 is 0 Å². The number of nitrogens with two attached hydrogens (primary N) is 1. The van der Waals surface area contributed by atoms with Gasteiger partial charge < -0.3 is 5.73 Å². The van der Waals surface area contributed by atoms with Gasteiger partial charge in [-0.05, 0) is 24.3 Å². The van der Waals surface area contributed by atoms with Crippen molar-refractivity contribution in [3.63, 3.8) is 0 Å². The number of hydrogen-bond donors (Lipinski definition) is 2. The lowest BCUT2D eigenvalue weighted by atomic mass is 10.2. The Hall–Kier alpha value is -2.06. The maximum atomic E-state index is 14.0. The van der Waals surface area contributed by atoms with Crippen LogP contribution in [-0.4, -0.2) is 13.4 Å². The smallest absolute Gasteiger partial charge is 0.264 e. The first kappa shape index (κ1) is 14.4. The largest absolute Gasteiger partial charge is 0.326 e. The zero-order chi connectivity index (χ0) is 14.8. The summed E-state index contributed by atoms with van der Waals surface area (Å²) in [7, 11) is -4.18. The van der Waals surface area contributed by atoms with Crippen molar-refractivity contribution in [3.8, 4) is 0 Å². The Bertz CT molecular complexity index is 721. The van der Waals surface area contributed by atoms with Crippen LogP contribution in [0.25, 0.3) is 0 Å². The highest BCUT2D eigenvalue weighted by molar-refractivity contribution is 7.92. The maximum Gasteiger partial charge on any atom is 0.264 e. The van der Waals surface area contributed by atoms with Crippen molar-refractivity contribution < 1.29 is 17.2 Å². The van der Waals surface area contributed by atoms with Gasteiger partial charge in [-0.1, -0.05) is 0 Å². The number of nitrogens with zero attached hydrogens (tertiary/aromatic N) is 1. The van der Waals surface area contributed by atoms with Gasteiger partial charge in [0.15, 0.2) is 5.82 Å². The monoisotopic (exact) mass is 299 g/mol. The second-order valence-electron chi connectivity index (χ2n) is 3.89. The number of anilines is 1. The Morgan fingerprint density at radius 3 is 2.60 bits per heavy atom. The average Bonchev–Trinajstić information content (AvgIpc) is 2.39. The van der Waals surface area contributed by atoms with Crippen molar-refractivity contribution in [2.24, 2.45) is 5.73 Å². The van der Waals surface area contributed by atoms with E-state index >= 15 is 0 Å². The predicted octanol–water partition coefficient (Wildman–Crippen LogP) is 1.62. The van der Waals surface area contributed by atoms with E-state index in [1.807, 2.05) is 0 Å². The number of rotatable bonds is 4. The molecule has 0 unspecified atom stereocenters. The summed E-state index contributed by atoms with van der Waals surface area (Å²) in [5, 5.41) is 0. The minimum atomic E-state index is -4.18. The molecule has 0 bridgehead atoms. The third-order valence-corrected chi connectivity index (χ3v) is 3.96. The van der Waals surface area contributed by atoms with E-state index in [0.717, 1.165) is 12.1 Å².